The molecule has 0 saturated carbocycles. The summed E-state index contributed by atoms with van der Waals surface area (Å²) in [5, 5.41) is 11.8. The van der Waals surface area contributed by atoms with E-state index < -0.39 is 0 Å². The van der Waals surface area contributed by atoms with Crippen LogP contribution in [-0.4, -0.2) is 25.2 Å². The monoisotopic (exact) mass is 349 g/mol. The average molecular weight is 350 g/mol. The second-order valence-corrected chi connectivity index (χ2v) is 5.23. The molecule has 0 heterocycles. The van der Waals surface area contributed by atoms with Crippen LogP contribution in [-0.2, 0) is 0 Å². The molecule has 0 fully saturated rings. The number of hydrogen-bond donors (Lipinski definition) is 2. The first-order valence-electron chi connectivity index (χ1n) is 6.22. The van der Waals surface area contributed by atoms with Crippen molar-refractivity contribution in [2.75, 3.05) is 19.1 Å². The predicted octanol–water partition coefficient (Wildman–Crippen LogP) is 3.32. The van der Waals surface area contributed by atoms with Crippen LogP contribution in [0.3, 0.4) is 0 Å². The van der Waals surface area contributed by atoms with Crippen molar-refractivity contribution in [3.05, 3.63) is 52.5 Å². The van der Waals surface area contributed by atoms with Crippen molar-refractivity contribution in [1.29, 1.82) is 0 Å². The van der Waals surface area contributed by atoms with Gasteiger partial charge in [-0.15, -0.1) is 0 Å². The summed E-state index contributed by atoms with van der Waals surface area (Å²) in [6, 6.07) is 13.3. The van der Waals surface area contributed by atoms with Gasteiger partial charge in [0.2, 0.25) is 0 Å². The fourth-order valence-electron chi connectivity index (χ4n) is 2.02. The van der Waals surface area contributed by atoms with Crippen LogP contribution in [0, 0.1) is 0 Å². The number of ether oxygens (including phenoxy) is 1. The van der Waals surface area contributed by atoms with Gasteiger partial charge in [0.1, 0.15) is 5.75 Å². The van der Waals surface area contributed by atoms with E-state index in [4.69, 9.17) is 15.7 Å². The van der Waals surface area contributed by atoms with Crippen LogP contribution < -0.4 is 15.4 Å². The van der Waals surface area contributed by atoms with Gasteiger partial charge in [0, 0.05) is 22.8 Å². The van der Waals surface area contributed by atoms with Crippen LogP contribution in [0.5, 0.6) is 5.75 Å². The van der Waals surface area contributed by atoms with Gasteiger partial charge in [-0.2, -0.15) is 0 Å². The molecule has 0 unspecified atom stereocenters. The van der Waals surface area contributed by atoms with Crippen molar-refractivity contribution < 1.29 is 9.94 Å². The van der Waals surface area contributed by atoms with Gasteiger partial charge in [-0.25, -0.2) is 0 Å². The Hall–Kier alpha value is -2.21. The Morgan fingerprint density at radius 2 is 2.00 bits per heavy atom. The van der Waals surface area contributed by atoms with Gasteiger partial charge in [0.15, 0.2) is 5.84 Å². The molecule has 0 spiro atoms. The minimum Gasteiger partial charge on any atom is -0.495 e. The van der Waals surface area contributed by atoms with E-state index in [1.807, 2.05) is 48.3 Å². The Kier molecular flexibility index (Phi) is 4.70. The third-order valence-corrected chi connectivity index (χ3v) is 3.83. The summed E-state index contributed by atoms with van der Waals surface area (Å²) in [4.78, 5) is 2.00. The highest BCUT2D eigenvalue weighted by Gasteiger charge is 2.12. The van der Waals surface area contributed by atoms with Gasteiger partial charge in [-0.05, 0) is 46.3 Å². The van der Waals surface area contributed by atoms with Crippen LogP contribution >= 0.6 is 15.9 Å². The molecule has 0 aliphatic carbocycles. The van der Waals surface area contributed by atoms with Crippen molar-refractivity contribution in [1.82, 2.24) is 0 Å². The molecule has 3 N–H and O–H groups in total. The molecule has 0 atom stereocenters. The normalized spacial score (nSPS) is 11.3. The van der Waals surface area contributed by atoms with Gasteiger partial charge in [0.25, 0.3) is 0 Å². The van der Waals surface area contributed by atoms with Crippen LogP contribution in [0.25, 0.3) is 0 Å². The van der Waals surface area contributed by atoms with Crippen LogP contribution in [0.2, 0.25) is 0 Å². The minimum atomic E-state index is 0.0633. The second kappa shape index (κ2) is 6.49. The molecule has 0 bridgehead atoms. The molecule has 0 amide bonds. The molecule has 21 heavy (non-hydrogen) atoms. The zero-order valence-corrected chi connectivity index (χ0v) is 13.3. The first-order chi connectivity index (χ1) is 10.1. The van der Waals surface area contributed by atoms with E-state index in [2.05, 4.69) is 21.1 Å². The van der Waals surface area contributed by atoms with Gasteiger partial charge in [-0.3, -0.25) is 0 Å². The first kappa shape index (κ1) is 15.2. The standard InChI is InChI=1S/C15H16BrN3O2/c1-19(13-5-3-4-6-14(13)21-2)10-7-8-11(12(16)9-10)15(17)18-20/h3-9,20H,1-2H3,(H2,17,18). The maximum Gasteiger partial charge on any atom is 0.171 e. The van der Waals surface area contributed by atoms with E-state index in [1.54, 1.807) is 13.2 Å². The number of nitrogens with zero attached hydrogens (tertiary/aromatic N) is 2. The van der Waals surface area contributed by atoms with Crippen molar-refractivity contribution in [3.63, 3.8) is 0 Å². The van der Waals surface area contributed by atoms with E-state index in [9.17, 15) is 0 Å². The lowest BCUT2D eigenvalue weighted by Gasteiger charge is -2.22. The Bertz CT molecular complexity index is 674. The topological polar surface area (TPSA) is 71.1 Å². The van der Waals surface area contributed by atoms with Crippen LogP contribution in [0.4, 0.5) is 11.4 Å². The highest BCUT2D eigenvalue weighted by molar-refractivity contribution is 9.10. The van der Waals surface area contributed by atoms with Crippen molar-refractivity contribution in [3.8, 4) is 5.75 Å². The molecular formula is C15H16BrN3O2. The largest absolute Gasteiger partial charge is 0.495 e. The molecule has 2 aromatic rings. The summed E-state index contributed by atoms with van der Waals surface area (Å²) in [7, 11) is 3.59. The number of rotatable bonds is 4. The number of amidine groups is 1. The Balaban J connectivity index is 2.40. The van der Waals surface area contributed by atoms with Crippen LogP contribution in [0.15, 0.2) is 52.1 Å². The molecule has 0 radical (unpaired) electrons. The number of para-hydroxylation sites is 2. The highest BCUT2D eigenvalue weighted by atomic mass is 79.9. The van der Waals surface area contributed by atoms with E-state index in [1.165, 1.54) is 0 Å². The SMILES string of the molecule is COc1ccccc1N(C)c1ccc(/C(N)=N/O)c(Br)c1. The molecule has 6 heteroatoms. The Morgan fingerprint density at radius 1 is 1.29 bits per heavy atom. The molecule has 0 aliphatic heterocycles. The molecule has 0 saturated heterocycles. The summed E-state index contributed by atoms with van der Waals surface area (Å²) >= 11 is 3.44. The zero-order valence-electron chi connectivity index (χ0n) is 11.7. The van der Waals surface area contributed by atoms with Gasteiger partial charge in [0.05, 0.1) is 12.8 Å². The second-order valence-electron chi connectivity index (χ2n) is 4.38. The van der Waals surface area contributed by atoms with Gasteiger partial charge < -0.3 is 20.6 Å². The number of halogens is 1. The highest BCUT2D eigenvalue weighted by Crippen LogP contribution is 2.33. The third-order valence-electron chi connectivity index (χ3n) is 3.17. The molecule has 2 rings (SSSR count). The van der Waals surface area contributed by atoms with E-state index >= 15 is 0 Å². The lowest BCUT2D eigenvalue weighted by atomic mass is 10.1. The summed E-state index contributed by atoms with van der Waals surface area (Å²) in [5.74, 6) is 0.852. The number of oxime groups is 1. The summed E-state index contributed by atoms with van der Waals surface area (Å²) in [6.45, 7) is 0. The smallest absolute Gasteiger partial charge is 0.171 e. The maximum atomic E-state index is 8.75. The van der Waals surface area contributed by atoms with E-state index in [-0.39, 0.29) is 5.84 Å². The maximum absolute atomic E-state index is 8.75. The molecule has 2 aromatic carbocycles. The van der Waals surface area contributed by atoms with Gasteiger partial charge in [-0.1, -0.05) is 17.3 Å². The predicted molar refractivity (Wildman–Crippen MR) is 87.7 cm³/mol. The summed E-state index contributed by atoms with van der Waals surface area (Å²) in [5.41, 5.74) is 8.14. The lowest BCUT2D eigenvalue weighted by Crippen LogP contribution is -2.15. The molecule has 0 aromatic heterocycles. The number of nitrogens with two attached hydrogens (primary N) is 1. The Labute approximate surface area is 131 Å². The number of hydrogen-bond acceptors (Lipinski definition) is 4. The lowest BCUT2D eigenvalue weighted by molar-refractivity contribution is 0.318. The Morgan fingerprint density at radius 3 is 2.62 bits per heavy atom. The average Bonchev–Trinajstić information content (AvgIpc) is 2.53. The van der Waals surface area contributed by atoms with E-state index in [0.29, 0.717) is 5.56 Å². The molecular weight excluding hydrogens is 334 g/mol. The minimum absolute atomic E-state index is 0.0633. The number of anilines is 2. The summed E-state index contributed by atoms with van der Waals surface area (Å²) in [6.07, 6.45) is 0. The van der Waals surface area contributed by atoms with Crippen LogP contribution in [0.1, 0.15) is 5.56 Å². The fourth-order valence-corrected chi connectivity index (χ4v) is 2.59. The number of methoxy groups -OCH3 is 1. The fraction of sp³-hybridized carbons (Fsp3) is 0.133. The quantitative estimate of drug-likeness (QED) is 0.384. The number of benzene rings is 2. The first-order valence-corrected chi connectivity index (χ1v) is 7.02. The zero-order chi connectivity index (χ0) is 15.4. The van der Waals surface area contributed by atoms with E-state index in [0.717, 1.165) is 21.6 Å². The summed E-state index contributed by atoms with van der Waals surface area (Å²) < 4.78 is 6.12. The molecule has 110 valence electrons. The molecule has 0 aliphatic rings. The molecule has 5 nitrogen and oxygen atoms in total. The van der Waals surface area contributed by atoms with Gasteiger partial charge >= 0.3 is 0 Å². The van der Waals surface area contributed by atoms with Crippen molar-refractivity contribution in [2.45, 2.75) is 0 Å². The third kappa shape index (κ3) is 3.11. The van der Waals surface area contributed by atoms with Crippen molar-refractivity contribution >= 4 is 33.1 Å². The van der Waals surface area contributed by atoms with Crippen molar-refractivity contribution in [2.24, 2.45) is 10.9 Å².